The van der Waals surface area contributed by atoms with E-state index >= 15 is 0 Å². The van der Waals surface area contributed by atoms with E-state index in [0.29, 0.717) is 6.61 Å². The van der Waals surface area contributed by atoms with Gasteiger partial charge in [-0.25, -0.2) is 0 Å². The number of rotatable bonds is 16. The molecule has 0 unspecified atom stereocenters. The Morgan fingerprint density at radius 3 is 1.81 bits per heavy atom. The molecule has 2 rings (SSSR count). The first-order valence-electron chi connectivity index (χ1n) is 18.1. The van der Waals surface area contributed by atoms with Crippen molar-refractivity contribution in [1.82, 2.24) is 0 Å². The van der Waals surface area contributed by atoms with Crippen molar-refractivity contribution in [2.45, 2.75) is 161 Å². The third kappa shape index (κ3) is 12.4. The Morgan fingerprint density at radius 2 is 1.30 bits per heavy atom. The van der Waals surface area contributed by atoms with Crippen LogP contribution in [0.3, 0.4) is 0 Å². The number of benzene rings is 1. The normalized spacial score (nSPS) is 22.8. The van der Waals surface area contributed by atoms with Crippen LogP contribution in [0.2, 0.25) is 54.4 Å². The number of para-hydroxylation sites is 1. The lowest BCUT2D eigenvalue weighted by atomic mass is 9.89. The predicted octanol–water partition coefficient (Wildman–Crippen LogP) is 11.1. The number of allylic oxidation sites excluding steroid dienone is 2. The van der Waals surface area contributed by atoms with Gasteiger partial charge in [-0.2, -0.15) is 0 Å². The summed E-state index contributed by atoms with van der Waals surface area (Å²) in [6, 6.07) is 10.1. The second-order valence-corrected chi connectivity index (χ2v) is 32.6. The summed E-state index contributed by atoms with van der Waals surface area (Å²) in [6.07, 6.45) is 12.8. The highest BCUT2D eigenvalue weighted by molar-refractivity contribution is 6.75. The van der Waals surface area contributed by atoms with Gasteiger partial charge in [0.25, 0.3) is 0 Å². The third-order valence-corrected chi connectivity index (χ3v) is 24.9. The number of unbranched alkanes of at least 4 members (excludes halogenated alkanes) is 1. The first kappa shape index (κ1) is 42.2. The van der Waals surface area contributed by atoms with Crippen molar-refractivity contribution >= 4 is 25.0 Å². The molecule has 270 valence electrons. The van der Waals surface area contributed by atoms with Gasteiger partial charge in [-0.3, -0.25) is 0 Å². The largest absolute Gasteiger partial charge is 0.491 e. The molecule has 1 N–H and O–H groups in total. The van der Waals surface area contributed by atoms with Crippen molar-refractivity contribution in [3.05, 3.63) is 54.6 Å². The molecule has 0 heterocycles. The topological polar surface area (TPSA) is 57.2 Å². The minimum Gasteiger partial charge on any atom is -0.491 e. The average Bonchev–Trinajstić information content (AvgIpc) is 3.22. The van der Waals surface area contributed by atoms with Crippen molar-refractivity contribution in [2.75, 3.05) is 13.2 Å². The lowest BCUT2D eigenvalue weighted by Crippen LogP contribution is -2.45. The summed E-state index contributed by atoms with van der Waals surface area (Å²) in [5, 5.41) is 9.66. The van der Waals surface area contributed by atoms with Crippen molar-refractivity contribution < 1.29 is 23.1 Å². The van der Waals surface area contributed by atoms with Crippen molar-refractivity contribution in [3.63, 3.8) is 0 Å². The molecule has 0 aliphatic heterocycles. The van der Waals surface area contributed by atoms with Crippen LogP contribution < -0.4 is 4.74 Å². The number of aliphatic hydroxyl groups excluding tert-OH is 1. The Labute approximate surface area is 293 Å². The molecular weight excluding hydrogens is 633 g/mol. The van der Waals surface area contributed by atoms with Crippen molar-refractivity contribution in [2.24, 2.45) is 11.8 Å². The summed E-state index contributed by atoms with van der Waals surface area (Å²) in [4.78, 5) is 0. The average molecular weight is 705 g/mol. The fourth-order valence-electron chi connectivity index (χ4n) is 5.24. The van der Waals surface area contributed by atoms with E-state index in [9.17, 15) is 5.11 Å². The van der Waals surface area contributed by atoms with Gasteiger partial charge in [-0.05, 0) is 98.1 Å². The van der Waals surface area contributed by atoms with Gasteiger partial charge in [-0.1, -0.05) is 105 Å². The lowest BCUT2D eigenvalue weighted by molar-refractivity contribution is 0.129. The summed E-state index contributed by atoms with van der Waals surface area (Å²) in [5.41, 5.74) is 0. The highest BCUT2D eigenvalue weighted by Crippen LogP contribution is 2.48. The fourth-order valence-corrected chi connectivity index (χ4v) is 9.25. The van der Waals surface area contributed by atoms with Gasteiger partial charge in [0.15, 0.2) is 25.0 Å². The van der Waals surface area contributed by atoms with Crippen LogP contribution in [0.15, 0.2) is 54.6 Å². The molecule has 1 aliphatic carbocycles. The van der Waals surface area contributed by atoms with Gasteiger partial charge in [0.2, 0.25) is 0 Å². The van der Waals surface area contributed by atoms with Crippen LogP contribution >= 0.6 is 0 Å². The molecular formula is C39H72O5Si3. The Balaban J connectivity index is 2.58. The summed E-state index contributed by atoms with van der Waals surface area (Å²) in [7, 11) is -6.19. The Hall–Kier alpha value is -1.01. The molecule has 0 spiro atoms. The van der Waals surface area contributed by atoms with Gasteiger partial charge in [0.1, 0.15) is 12.4 Å². The van der Waals surface area contributed by atoms with E-state index < -0.39 is 25.0 Å². The van der Waals surface area contributed by atoms with E-state index in [0.717, 1.165) is 31.4 Å². The van der Waals surface area contributed by atoms with Crippen LogP contribution in [0.25, 0.3) is 0 Å². The highest BCUT2D eigenvalue weighted by atomic mass is 28.4. The van der Waals surface area contributed by atoms with E-state index in [1.165, 1.54) is 0 Å². The van der Waals surface area contributed by atoms with E-state index in [4.69, 9.17) is 18.0 Å². The molecule has 1 saturated carbocycles. The summed E-state index contributed by atoms with van der Waals surface area (Å²) >= 11 is 0. The van der Waals surface area contributed by atoms with Crippen LogP contribution in [-0.2, 0) is 13.3 Å². The number of hydrogen-bond donors (Lipinski definition) is 1. The van der Waals surface area contributed by atoms with Crippen LogP contribution in [0.5, 0.6) is 5.75 Å². The molecule has 5 nitrogen and oxygen atoms in total. The van der Waals surface area contributed by atoms with Crippen LogP contribution in [0.1, 0.15) is 88.0 Å². The predicted molar refractivity (Wildman–Crippen MR) is 209 cm³/mol. The number of ether oxygens (including phenoxy) is 1. The first-order chi connectivity index (χ1) is 21.4. The maximum Gasteiger partial charge on any atom is 0.193 e. The van der Waals surface area contributed by atoms with Crippen molar-refractivity contribution in [1.29, 1.82) is 0 Å². The Kier molecular flexibility index (Phi) is 15.1. The zero-order chi connectivity index (χ0) is 35.9. The monoisotopic (exact) mass is 704 g/mol. The van der Waals surface area contributed by atoms with Crippen molar-refractivity contribution in [3.8, 4) is 5.75 Å². The maximum absolute atomic E-state index is 9.35. The zero-order valence-corrected chi connectivity index (χ0v) is 35.9. The van der Waals surface area contributed by atoms with Crippen LogP contribution in [0, 0.1) is 11.8 Å². The third-order valence-electron chi connectivity index (χ3n) is 11.4. The molecule has 1 aliphatic rings. The molecule has 0 aromatic heterocycles. The molecule has 47 heavy (non-hydrogen) atoms. The molecule has 1 aromatic carbocycles. The molecule has 0 bridgehead atoms. The zero-order valence-electron chi connectivity index (χ0n) is 32.9. The van der Waals surface area contributed by atoms with E-state index in [-0.39, 0.29) is 51.9 Å². The molecule has 1 aromatic rings. The quantitative estimate of drug-likeness (QED) is 0.105. The summed E-state index contributed by atoms with van der Waals surface area (Å²) in [5.74, 6) is 1.33. The van der Waals surface area contributed by atoms with Crippen LogP contribution in [0.4, 0.5) is 0 Å². The van der Waals surface area contributed by atoms with Gasteiger partial charge >= 0.3 is 0 Å². The standard InChI is InChI=1S/C39H72O5Si3/c1-37(2,3)45(10,11)42-32(30-41-31-23-19-18-20-24-31)26-27-34-33(25-21-16-17-22-28-40)35(43-46(12,13)38(4,5)6)29-36(34)44-47(14,15)39(7,8)9/h16,18-21,23-24,26-27,32-36,40H,17,22,25,28-30H2,1-15H3/b21-16-,27-26+/t32-,33-,34-,35+,36-/m1/s1. The Bertz CT molecular complexity index is 1130. The summed E-state index contributed by atoms with van der Waals surface area (Å²) in [6.45, 7) is 35.6. The maximum atomic E-state index is 9.35. The van der Waals surface area contributed by atoms with Gasteiger partial charge in [0.05, 0.1) is 18.3 Å². The molecule has 0 amide bonds. The van der Waals surface area contributed by atoms with E-state index in [1.807, 2.05) is 30.3 Å². The molecule has 0 saturated heterocycles. The molecule has 0 radical (unpaired) electrons. The van der Waals surface area contributed by atoms with E-state index in [1.54, 1.807) is 0 Å². The number of aliphatic hydroxyl groups is 1. The van der Waals surface area contributed by atoms with Gasteiger partial charge in [0, 0.05) is 12.5 Å². The minimum absolute atomic E-state index is 0.0707. The Morgan fingerprint density at radius 1 is 0.766 bits per heavy atom. The molecule has 8 heteroatoms. The fraction of sp³-hybridized carbons (Fsp3) is 0.744. The highest BCUT2D eigenvalue weighted by Gasteiger charge is 2.50. The van der Waals surface area contributed by atoms with Gasteiger partial charge in [-0.15, -0.1) is 0 Å². The first-order valence-corrected chi connectivity index (χ1v) is 26.8. The second kappa shape index (κ2) is 16.8. The van der Waals surface area contributed by atoms with Gasteiger partial charge < -0.3 is 23.1 Å². The molecule has 5 atom stereocenters. The smallest absolute Gasteiger partial charge is 0.193 e. The summed E-state index contributed by atoms with van der Waals surface area (Å²) < 4.78 is 27.9. The van der Waals surface area contributed by atoms with Crippen LogP contribution in [-0.4, -0.2) is 61.6 Å². The minimum atomic E-state index is -2.09. The number of hydrogen-bond acceptors (Lipinski definition) is 5. The molecule has 1 fully saturated rings. The SMILES string of the molecule is CC(C)(C)[Si](C)(C)O[C@H](/C=C/[C@@H]1[C@@H](C/C=C\CCCO)[C@@H](O[Si](C)(C)C(C)(C)C)C[C@H]1O[Si](C)(C)C(C)(C)C)COc1ccccc1. The van der Waals surface area contributed by atoms with E-state index in [2.05, 4.69) is 126 Å². The lowest BCUT2D eigenvalue weighted by Gasteiger charge is -2.40. The second-order valence-electron chi connectivity index (χ2n) is 18.3.